The average molecular weight is 408 g/mol. The Bertz CT molecular complexity index is 863. The van der Waals surface area contributed by atoms with Gasteiger partial charge in [0.1, 0.15) is 5.75 Å². The van der Waals surface area contributed by atoms with Crippen LogP contribution >= 0.6 is 0 Å². The highest BCUT2D eigenvalue weighted by Gasteiger charge is 2.21. The topological polar surface area (TPSA) is 71.0 Å². The molecule has 3 rings (SSSR count). The van der Waals surface area contributed by atoms with Gasteiger partial charge in [-0.15, -0.1) is 0 Å². The molecule has 2 aromatic carbocycles. The predicted octanol–water partition coefficient (Wildman–Crippen LogP) is 3.69. The average Bonchev–Trinajstić information content (AvgIpc) is 3.27. The van der Waals surface area contributed by atoms with Crippen LogP contribution in [-0.2, 0) is 9.59 Å². The molecule has 158 valence electrons. The van der Waals surface area contributed by atoms with Crippen LogP contribution in [0.4, 0.5) is 0 Å². The van der Waals surface area contributed by atoms with Crippen molar-refractivity contribution in [2.24, 2.45) is 5.10 Å². The van der Waals surface area contributed by atoms with Crippen LogP contribution in [0.15, 0.2) is 59.7 Å². The van der Waals surface area contributed by atoms with E-state index in [1.54, 1.807) is 0 Å². The minimum absolute atomic E-state index is 0.103. The molecule has 0 fully saturated rings. The van der Waals surface area contributed by atoms with Crippen LogP contribution in [0.1, 0.15) is 43.2 Å². The predicted molar refractivity (Wildman–Crippen MR) is 117 cm³/mol. The van der Waals surface area contributed by atoms with E-state index in [0.29, 0.717) is 19.7 Å². The Kier molecular flexibility index (Phi) is 8.01. The van der Waals surface area contributed by atoms with Gasteiger partial charge >= 0.3 is 0 Å². The Balaban J connectivity index is 1.27. The van der Waals surface area contributed by atoms with Crippen molar-refractivity contribution in [2.75, 3.05) is 19.7 Å². The Morgan fingerprint density at radius 2 is 1.80 bits per heavy atom. The number of rotatable bonds is 10. The van der Waals surface area contributed by atoms with Crippen molar-refractivity contribution in [1.82, 2.24) is 10.3 Å². The summed E-state index contributed by atoms with van der Waals surface area (Å²) in [5.74, 6) is 0.653. The number of unbranched alkanes of at least 4 members (excludes halogenated alkanes) is 1. The second-order valence-electron chi connectivity index (χ2n) is 7.40. The number of carbonyl (C=O) groups is 2. The molecule has 2 amide bonds. The van der Waals surface area contributed by atoms with E-state index in [-0.39, 0.29) is 24.7 Å². The lowest BCUT2D eigenvalue weighted by Crippen LogP contribution is -2.28. The fourth-order valence-electron chi connectivity index (χ4n) is 3.19. The van der Waals surface area contributed by atoms with Gasteiger partial charge in [-0.3, -0.25) is 9.59 Å². The number of amides is 2. The number of nitrogens with zero attached hydrogens (tertiary/aromatic N) is 2. The molecule has 2 aromatic rings. The summed E-state index contributed by atoms with van der Waals surface area (Å²) in [4.78, 5) is 24.3. The van der Waals surface area contributed by atoms with E-state index in [1.807, 2.05) is 61.5 Å². The van der Waals surface area contributed by atoms with Gasteiger partial charge in [-0.1, -0.05) is 48.0 Å². The molecule has 0 bridgehead atoms. The minimum atomic E-state index is -0.109. The summed E-state index contributed by atoms with van der Waals surface area (Å²) in [5.41, 5.74) is 3.16. The van der Waals surface area contributed by atoms with Crippen LogP contribution in [0.25, 0.3) is 0 Å². The number of carbonyl (C=O) groups excluding carboxylic acids is 2. The summed E-state index contributed by atoms with van der Waals surface area (Å²) in [6, 6.07) is 17.8. The van der Waals surface area contributed by atoms with E-state index >= 15 is 0 Å². The van der Waals surface area contributed by atoms with Gasteiger partial charge in [-0.25, -0.2) is 5.01 Å². The van der Waals surface area contributed by atoms with Crippen molar-refractivity contribution in [2.45, 2.75) is 39.0 Å². The van der Waals surface area contributed by atoms with Gasteiger partial charge in [0, 0.05) is 25.8 Å². The van der Waals surface area contributed by atoms with Gasteiger partial charge in [0.2, 0.25) is 11.8 Å². The molecule has 0 atom stereocenters. The Labute approximate surface area is 177 Å². The van der Waals surface area contributed by atoms with Crippen molar-refractivity contribution in [1.29, 1.82) is 0 Å². The molecular formula is C24H29N3O3. The molecular weight excluding hydrogens is 378 g/mol. The number of ether oxygens (including phenoxy) is 1. The zero-order valence-corrected chi connectivity index (χ0v) is 17.5. The van der Waals surface area contributed by atoms with Crippen molar-refractivity contribution < 1.29 is 14.3 Å². The molecule has 30 heavy (non-hydrogen) atoms. The second-order valence-corrected chi connectivity index (χ2v) is 7.40. The number of aryl methyl sites for hydroxylation is 1. The number of nitrogens with one attached hydrogen (secondary N) is 1. The largest absolute Gasteiger partial charge is 0.494 e. The standard InChI is InChI=1S/C24H29N3O3/c1-19-9-11-21(12-10-19)30-18-6-5-16-25-23(28)13-14-24(29)27-17-15-22(26-27)20-7-3-2-4-8-20/h2-4,7-12H,5-6,13-18H2,1H3,(H,25,28). The van der Waals surface area contributed by atoms with E-state index in [1.165, 1.54) is 10.6 Å². The summed E-state index contributed by atoms with van der Waals surface area (Å²) in [7, 11) is 0. The summed E-state index contributed by atoms with van der Waals surface area (Å²) < 4.78 is 5.67. The van der Waals surface area contributed by atoms with Gasteiger partial charge in [0.25, 0.3) is 0 Å². The molecule has 0 unspecified atom stereocenters. The van der Waals surface area contributed by atoms with E-state index in [0.717, 1.165) is 36.3 Å². The number of hydrazone groups is 1. The maximum atomic E-state index is 12.3. The first-order chi connectivity index (χ1) is 14.6. The van der Waals surface area contributed by atoms with Crippen molar-refractivity contribution in [3.05, 3.63) is 65.7 Å². The van der Waals surface area contributed by atoms with Gasteiger partial charge in [0.15, 0.2) is 0 Å². The maximum Gasteiger partial charge on any atom is 0.243 e. The van der Waals surface area contributed by atoms with Crippen LogP contribution in [-0.4, -0.2) is 42.2 Å². The first kappa shape index (κ1) is 21.6. The molecule has 6 heteroatoms. The van der Waals surface area contributed by atoms with Gasteiger partial charge in [-0.05, 0) is 37.5 Å². The van der Waals surface area contributed by atoms with E-state index < -0.39 is 0 Å². The Morgan fingerprint density at radius 1 is 1.03 bits per heavy atom. The maximum absolute atomic E-state index is 12.3. The monoisotopic (exact) mass is 407 g/mol. The Hall–Kier alpha value is -3.15. The second kappa shape index (κ2) is 11.1. The van der Waals surface area contributed by atoms with Crippen LogP contribution in [0.5, 0.6) is 5.75 Å². The molecule has 1 N–H and O–H groups in total. The molecule has 0 saturated heterocycles. The lowest BCUT2D eigenvalue weighted by molar-refractivity contribution is -0.133. The van der Waals surface area contributed by atoms with Crippen molar-refractivity contribution in [3.8, 4) is 5.75 Å². The van der Waals surface area contributed by atoms with Crippen LogP contribution in [0.3, 0.4) is 0 Å². The SMILES string of the molecule is Cc1ccc(OCCCCNC(=O)CCC(=O)N2CCC(c3ccccc3)=N2)cc1. The minimum Gasteiger partial charge on any atom is -0.494 e. The molecule has 0 spiro atoms. The lowest BCUT2D eigenvalue weighted by atomic mass is 10.1. The molecule has 1 aliphatic rings. The third-order valence-corrected chi connectivity index (χ3v) is 4.95. The highest BCUT2D eigenvalue weighted by Crippen LogP contribution is 2.15. The third kappa shape index (κ3) is 6.72. The number of hydrogen-bond donors (Lipinski definition) is 1. The van der Waals surface area contributed by atoms with E-state index in [4.69, 9.17) is 4.74 Å². The number of hydrogen-bond acceptors (Lipinski definition) is 4. The van der Waals surface area contributed by atoms with Gasteiger partial charge in [0.05, 0.1) is 18.9 Å². The molecule has 0 aliphatic carbocycles. The van der Waals surface area contributed by atoms with Crippen molar-refractivity contribution >= 4 is 17.5 Å². The first-order valence-corrected chi connectivity index (χ1v) is 10.5. The number of benzene rings is 2. The first-order valence-electron chi connectivity index (χ1n) is 10.5. The summed E-state index contributed by atoms with van der Waals surface area (Å²) in [6.07, 6.45) is 2.80. The highest BCUT2D eigenvalue weighted by atomic mass is 16.5. The molecule has 6 nitrogen and oxygen atoms in total. The smallest absolute Gasteiger partial charge is 0.243 e. The lowest BCUT2D eigenvalue weighted by Gasteiger charge is -2.11. The molecule has 1 heterocycles. The van der Waals surface area contributed by atoms with Crippen LogP contribution in [0.2, 0.25) is 0 Å². The van der Waals surface area contributed by atoms with Gasteiger partial charge < -0.3 is 10.1 Å². The summed E-state index contributed by atoms with van der Waals surface area (Å²) in [5, 5.41) is 8.77. The normalized spacial score (nSPS) is 13.1. The van der Waals surface area contributed by atoms with Crippen LogP contribution in [0, 0.1) is 6.92 Å². The summed E-state index contributed by atoms with van der Waals surface area (Å²) in [6.45, 7) is 3.82. The zero-order valence-electron chi connectivity index (χ0n) is 17.5. The molecule has 1 aliphatic heterocycles. The third-order valence-electron chi connectivity index (χ3n) is 4.95. The fourth-order valence-corrected chi connectivity index (χ4v) is 3.19. The van der Waals surface area contributed by atoms with E-state index in [2.05, 4.69) is 10.4 Å². The summed E-state index contributed by atoms with van der Waals surface area (Å²) >= 11 is 0. The quantitative estimate of drug-likeness (QED) is 0.611. The van der Waals surface area contributed by atoms with Crippen LogP contribution < -0.4 is 10.1 Å². The van der Waals surface area contributed by atoms with E-state index in [9.17, 15) is 9.59 Å². The molecule has 0 saturated carbocycles. The highest BCUT2D eigenvalue weighted by molar-refractivity contribution is 6.02. The zero-order chi connectivity index (χ0) is 21.2. The Morgan fingerprint density at radius 3 is 2.57 bits per heavy atom. The van der Waals surface area contributed by atoms with Crippen molar-refractivity contribution in [3.63, 3.8) is 0 Å². The fraction of sp³-hybridized carbons (Fsp3) is 0.375. The molecule has 0 radical (unpaired) electrons. The molecule has 0 aromatic heterocycles. The van der Waals surface area contributed by atoms with Gasteiger partial charge in [-0.2, -0.15) is 5.10 Å².